The Morgan fingerprint density at radius 3 is 2.81 bits per heavy atom. The average molecular weight is 578 g/mol. The number of rotatable bonds is 6. The summed E-state index contributed by atoms with van der Waals surface area (Å²) in [5, 5.41) is 11.3. The van der Waals surface area contributed by atoms with Crippen molar-refractivity contribution < 1.29 is 27.4 Å². The topological polar surface area (TPSA) is 74.6 Å². The van der Waals surface area contributed by atoms with Crippen LogP contribution in [0.3, 0.4) is 0 Å². The Kier molecular flexibility index (Phi) is 6.17. The van der Waals surface area contributed by atoms with Gasteiger partial charge in [-0.1, -0.05) is 12.0 Å². The Morgan fingerprint density at radius 1 is 1.24 bits per heavy atom. The number of hydrogen-bond donors (Lipinski definition) is 1. The summed E-state index contributed by atoms with van der Waals surface area (Å²) < 4.78 is 65.6. The summed E-state index contributed by atoms with van der Waals surface area (Å²) in [4.78, 5) is 17.0. The molecule has 2 aromatic carbocycles. The van der Waals surface area contributed by atoms with Crippen LogP contribution in [-0.4, -0.2) is 75.6 Å². The quantitative estimate of drug-likeness (QED) is 0.246. The van der Waals surface area contributed by atoms with Gasteiger partial charge in [0.15, 0.2) is 5.82 Å². The molecule has 216 valence electrons. The maximum absolute atomic E-state index is 16.5. The molecule has 1 N–H and O–H groups in total. The van der Waals surface area contributed by atoms with Gasteiger partial charge >= 0.3 is 6.01 Å². The van der Waals surface area contributed by atoms with Gasteiger partial charge in [0.1, 0.15) is 47.5 Å². The molecule has 2 aliphatic heterocycles. The van der Waals surface area contributed by atoms with Gasteiger partial charge in [-0.15, -0.1) is 6.42 Å². The molecule has 0 bridgehead atoms. The predicted molar refractivity (Wildman–Crippen MR) is 150 cm³/mol. The number of anilines is 1. The molecule has 42 heavy (non-hydrogen) atoms. The summed E-state index contributed by atoms with van der Waals surface area (Å²) in [6.07, 6.45) is 7.29. The van der Waals surface area contributed by atoms with Gasteiger partial charge in [-0.25, -0.2) is 17.6 Å². The standard InChI is InChI=1S/C31H27F4N5O2/c1-3-19-22(33)6-5-16-9-18(41)10-20(25(16)19)27-26(35)28-21(13-36-27)29(39(2)24-11-23(24)34)38-30(37-28)42-15-31-7-4-8-40(31)14-17(32)12-31/h1,5-6,9-10,13,17,23-24,41H,4,7-8,11-12,14-15H2,2H3/t17-,23+,24+,31+/m1/s1. The lowest BCUT2D eigenvalue weighted by molar-refractivity contribution is 0.107. The van der Waals surface area contributed by atoms with Crippen molar-refractivity contribution in [1.29, 1.82) is 0 Å². The number of nitrogens with zero attached hydrogens (tertiary/aromatic N) is 5. The highest BCUT2D eigenvalue weighted by Gasteiger charge is 2.49. The number of terminal acetylenes is 1. The van der Waals surface area contributed by atoms with Crippen LogP contribution in [0.4, 0.5) is 23.4 Å². The Bertz CT molecular complexity index is 1800. The Balaban J connectivity index is 1.38. The first-order valence-electron chi connectivity index (χ1n) is 13.9. The molecule has 4 atom stereocenters. The Labute approximate surface area is 239 Å². The molecule has 3 aliphatic rings. The molecule has 0 unspecified atom stereocenters. The van der Waals surface area contributed by atoms with E-state index in [4.69, 9.17) is 11.2 Å². The first kappa shape index (κ1) is 26.7. The van der Waals surface area contributed by atoms with Crippen molar-refractivity contribution in [2.45, 2.75) is 49.6 Å². The minimum atomic E-state index is -1.05. The van der Waals surface area contributed by atoms with E-state index < -0.39 is 35.6 Å². The summed E-state index contributed by atoms with van der Waals surface area (Å²) in [6, 6.07) is 4.72. The van der Waals surface area contributed by atoms with Gasteiger partial charge in [-0.3, -0.25) is 9.88 Å². The highest BCUT2D eigenvalue weighted by molar-refractivity contribution is 6.03. The van der Waals surface area contributed by atoms with Crippen molar-refractivity contribution in [2.24, 2.45) is 0 Å². The van der Waals surface area contributed by atoms with E-state index in [0.29, 0.717) is 24.8 Å². The van der Waals surface area contributed by atoms with Crippen molar-refractivity contribution in [3.05, 3.63) is 47.7 Å². The van der Waals surface area contributed by atoms with E-state index in [1.54, 1.807) is 11.9 Å². The number of benzene rings is 2. The molecule has 0 amide bonds. The third-order valence-corrected chi connectivity index (χ3v) is 8.84. The van der Waals surface area contributed by atoms with Crippen LogP contribution in [0.5, 0.6) is 11.8 Å². The van der Waals surface area contributed by atoms with Crippen LogP contribution in [0.2, 0.25) is 0 Å². The first-order valence-corrected chi connectivity index (χ1v) is 13.9. The SMILES string of the molecule is C#Cc1c(F)ccc2cc(O)cc(-c3ncc4c(N(C)[C@H]5C[C@@H]5F)nc(OC[C@@]56CCCN5C[C@H](F)C6)nc4c3F)c12. The molecule has 0 radical (unpaired) electrons. The molecular formula is C31H27F4N5O2. The van der Waals surface area contributed by atoms with Crippen LogP contribution >= 0.6 is 0 Å². The van der Waals surface area contributed by atoms with Crippen molar-refractivity contribution in [3.8, 4) is 35.4 Å². The number of fused-ring (bicyclic) bond motifs is 3. The minimum Gasteiger partial charge on any atom is -0.508 e. The lowest BCUT2D eigenvalue weighted by Crippen LogP contribution is -2.43. The molecule has 1 aliphatic carbocycles. The zero-order valence-corrected chi connectivity index (χ0v) is 22.7. The van der Waals surface area contributed by atoms with E-state index in [1.807, 2.05) is 0 Å². The molecule has 1 saturated carbocycles. The number of ether oxygens (including phenoxy) is 1. The summed E-state index contributed by atoms with van der Waals surface area (Å²) in [7, 11) is 1.66. The van der Waals surface area contributed by atoms with Crippen LogP contribution in [0.25, 0.3) is 32.9 Å². The Morgan fingerprint density at radius 2 is 2.05 bits per heavy atom. The van der Waals surface area contributed by atoms with Crippen molar-refractivity contribution in [1.82, 2.24) is 19.9 Å². The number of aromatic hydroxyl groups is 1. The van der Waals surface area contributed by atoms with Gasteiger partial charge in [0, 0.05) is 43.6 Å². The highest BCUT2D eigenvalue weighted by atomic mass is 19.1. The van der Waals surface area contributed by atoms with E-state index in [1.165, 1.54) is 30.5 Å². The van der Waals surface area contributed by atoms with E-state index in [0.717, 1.165) is 19.4 Å². The van der Waals surface area contributed by atoms with E-state index in [-0.39, 0.29) is 57.3 Å². The largest absolute Gasteiger partial charge is 0.508 e. The smallest absolute Gasteiger partial charge is 0.319 e. The number of pyridine rings is 1. The van der Waals surface area contributed by atoms with Gasteiger partial charge in [-0.2, -0.15) is 9.97 Å². The number of halogens is 4. The molecular weight excluding hydrogens is 550 g/mol. The second-order valence-corrected chi connectivity index (χ2v) is 11.5. The molecule has 4 aromatic rings. The zero-order chi connectivity index (χ0) is 29.3. The maximum Gasteiger partial charge on any atom is 0.319 e. The second-order valence-electron chi connectivity index (χ2n) is 11.5. The molecule has 2 aromatic heterocycles. The van der Waals surface area contributed by atoms with Crippen LogP contribution in [0.1, 0.15) is 31.2 Å². The van der Waals surface area contributed by atoms with Crippen LogP contribution in [-0.2, 0) is 0 Å². The van der Waals surface area contributed by atoms with Crippen molar-refractivity contribution in [2.75, 3.05) is 31.6 Å². The fraction of sp³-hybridized carbons (Fsp3) is 0.387. The fourth-order valence-corrected chi connectivity index (χ4v) is 6.65. The normalized spacial score (nSPS) is 25.1. The Hall–Kier alpha value is -4.17. The highest BCUT2D eigenvalue weighted by Crippen LogP contribution is 2.42. The van der Waals surface area contributed by atoms with Gasteiger partial charge in [-0.05, 0) is 43.0 Å². The average Bonchev–Trinajstić information content (AvgIpc) is 3.45. The van der Waals surface area contributed by atoms with Gasteiger partial charge < -0.3 is 14.7 Å². The summed E-state index contributed by atoms with van der Waals surface area (Å²) in [6.45, 7) is 1.24. The lowest BCUT2D eigenvalue weighted by atomic mass is 9.95. The molecule has 2 saturated heterocycles. The fourth-order valence-electron chi connectivity index (χ4n) is 6.65. The summed E-state index contributed by atoms with van der Waals surface area (Å²) >= 11 is 0. The van der Waals surface area contributed by atoms with Crippen LogP contribution < -0.4 is 9.64 Å². The lowest BCUT2D eigenvalue weighted by Gasteiger charge is -2.31. The minimum absolute atomic E-state index is 0.0827. The number of phenols is 1. The van der Waals surface area contributed by atoms with E-state index in [9.17, 15) is 18.3 Å². The van der Waals surface area contributed by atoms with Crippen molar-refractivity contribution in [3.63, 3.8) is 0 Å². The monoisotopic (exact) mass is 577 g/mol. The number of alkyl halides is 2. The van der Waals surface area contributed by atoms with Gasteiger partial charge in [0.2, 0.25) is 0 Å². The number of aromatic nitrogens is 3. The molecule has 11 heteroatoms. The third-order valence-electron chi connectivity index (χ3n) is 8.84. The summed E-state index contributed by atoms with van der Waals surface area (Å²) in [5.41, 5.74) is -0.854. The zero-order valence-electron chi connectivity index (χ0n) is 22.7. The molecule has 7 rings (SSSR count). The molecule has 3 fully saturated rings. The van der Waals surface area contributed by atoms with Gasteiger partial charge in [0.25, 0.3) is 0 Å². The van der Waals surface area contributed by atoms with Crippen molar-refractivity contribution >= 4 is 27.5 Å². The maximum atomic E-state index is 16.5. The van der Waals surface area contributed by atoms with E-state index in [2.05, 4.69) is 25.8 Å². The van der Waals surface area contributed by atoms with Gasteiger partial charge in [0.05, 0.1) is 22.5 Å². The van der Waals surface area contributed by atoms with Crippen LogP contribution in [0.15, 0.2) is 30.5 Å². The second kappa shape index (κ2) is 9.70. The van der Waals surface area contributed by atoms with E-state index >= 15 is 4.39 Å². The number of hydrogen-bond acceptors (Lipinski definition) is 7. The molecule has 0 spiro atoms. The third kappa shape index (κ3) is 4.19. The predicted octanol–water partition coefficient (Wildman–Crippen LogP) is 5.31. The molecule has 4 heterocycles. The van der Waals surface area contributed by atoms with Crippen LogP contribution in [0, 0.1) is 24.0 Å². The summed E-state index contributed by atoms with van der Waals surface area (Å²) in [5.74, 6) is 0.830. The number of phenolic OH excluding ortho intramolecular Hbond substituents is 1. The first-order chi connectivity index (χ1) is 20.2. The molecule has 7 nitrogen and oxygen atoms in total.